The zero-order valence-corrected chi connectivity index (χ0v) is 12.6. The summed E-state index contributed by atoms with van der Waals surface area (Å²) in [6, 6.07) is 10.3. The molecule has 0 atom stereocenters. The molecule has 3 heteroatoms. The van der Waals surface area contributed by atoms with E-state index in [1.807, 2.05) is 18.3 Å². The Hall–Kier alpha value is -1.32. The van der Waals surface area contributed by atoms with Crippen LogP contribution < -0.4 is 5.32 Å². The van der Waals surface area contributed by atoms with Gasteiger partial charge in [-0.25, -0.2) is 0 Å². The number of nitrogens with one attached hydrogen (secondary N) is 2. The molecule has 110 valence electrons. The molecular formula is C17H27N3. The fraction of sp³-hybridized carbons (Fsp3) is 0.529. The van der Waals surface area contributed by atoms with Crippen molar-refractivity contribution in [1.82, 2.24) is 15.2 Å². The number of hydrogen-bond acceptors (Lipinski definition) is 2. The highest BCUT2D eigenvalue weighted by atomic mass is 15.2. The van der Waals surface area contributed by atoms with Crippen molar-refractivity contribution in [1.29, 1.82) is 0 Å². The van der Waals surface area contributed by atoms with Crippen molar-refractivity contribution in [2.24, 2.45) is 0 Å². The van der Waals surface area contributed by atoms with Gasteiger partial charge in [-0.15, -0.1) is 0 Å². The number of H-pyrrole nitrogens is 1. The van der Waals surface area contributed by atoms with Crippen LogP contribution >= 0.6 is 0 Å². The monoisotopic (exact) mass is 273 g/mol. The van der Waals surface area contributed by atoms with Crippen LogP contribution in [0.2, 0.25) is 0 Å². The minimum atomic E-state index is 1.19. The second-order valence-electron chi connectivity index (χ2n) is 5.36. The van der Waals surface area contributed by atoms with Crippen molar-refractivity contribution >= 4 is 10.9 Å². The molecule has 1 saturated heterocycles. The van der Waals surface area contributed by atoms with E-state index < -0.39 is 0 Å². The lowest BCUT2D eigenvalue weighted by Gasteiger charge is -2.26. The molecule has 0 bridgehead atoms. The number of piperazine rings is 1. The maximum Gasteiger partial charge on any atom is 0.0453 e. The average molecular weight is 273 g/mol. The molecule has 2 aromatic rings. The van der Waals surface area contributed by atoms with Crippen molar-refractivity contribution in [3.63, 3.8) is 0 Å². The third-order valence-electron chi connectivity index (χ3n) is 3.75. The number of aromatic nitrogens is 1. The van der Waals surface area contributed by atoms with E-state index in [1.54, 1.807) is 0 Å². The smallest absolute Gasteiger partial charge is 0.0453 e. The van der Waals surface area contributed by atoms with Crippen molar-refractivity contribution in [3.05, 3.63) is 36.5 Å². The number of rotatable bonds is 4. The Morgan fingerprint density at radius 3 is 2.60 bits per heavy atom. The Morgan fingerprint density at radius 1 is 1.05 bits per heavy atom. The lowest BCUT2D eigenvalue weighted by Crippen LogP contribution is -2.43. The van der Waals surface area contributed by atoms with Crippen LogP contribution in [0.25, 0.3) is 10.9 Å². The van der Waals surface area contributed by atoms with Crippen LogP contribution in [-0.4, -0.2) is 42.6 Å². The summed E-state index contributed by atoms with van der Waals surface area (Å²) in [6.45, 7) is 8.46. The second-order valence-corrected chi connectivity index (χ2v) is 5.36. The summed E-state index contributed by atoms with van der Waals surface area (Å²) in [5, 5.41) is 4.64. The normalized spacial score (nSPS) is 15.8. The molecule has 1 fully saturated rings. The van der Waals surface area contributed by atoms with Crippen LogP contribution in [-0.2, 0) is 0 Å². The summed E-state index contributed by atoms with van der Waals surface area (Å²) in [4.78, 5) is 5.68. The molecule has 3 rings (SSSR count). The zero-order valence-electron chi connectivity index (χ0n) is 12.6. The molecule has 2 N–H and O–H groups in total. The number of nitrogens with zero attached hydrogens (tertiary/aromatic N) is 1. The van der Waals surface area contributed by atoms with E-state index in [4.69, 9.17) is 0 Å². The summed E-state index contributed by atoms with van der Waals surface area (Å²) in [5.41, 5.74) is 1.21. The topological polar surface area (TPSA) is 31.1 Å². The summed E-state index contributed by atoms with van der Waals surface area (Å²) in [6.07, 6.45) is 6.07. The fourth-order valence-corrected chi connectivity index (χ4v) is 2.52. The first-order chi connectivity index (χ1) is 9.90. The van der Waals surface area contributed by atoms with E-state index in [0.29, 0.717) is 0 Å². The van der Waals surface area contributed by atoms with Crippen molar-refractivity contribution < 1.29 is 0 Å². The van der Waals surface area contributed by atoms with E-state index in [1.165, 1.54) is 62.9 Å². The highest BCUT2D eigenvalue weighted by Gasteiger charge is 2.07. The van der Waals surface area contributed by atoms with E-state index >= 15 is 0 Å². The number of benzene rings is 1. The van der Waals surface area contributed by atoms with Gasteiger partial charge in [-0.2, -0.15) is 0 Å². The Labute approximate surface area is 122 Å². The average Bonchev–Trinajstić information content (AvgIpc) is 2.98. The number of unbranched alkanes of at least 4 members (excludes halogenated alkanes) is 2. The van der Waals surface area contributed by atoms with Gasteiger partial charge in [-0.05, 0) is 30.5 Å². The lowest BCUT2D eigenvalue weighted by atomic mass is 10.2. The minimum Gasteiger partial charge on any atom is -0.361 e. The first kappa shape index (κ1) is 15.1. The number of aromatic amines is 1. The number of hydrogen-bond donors (Lipinski definition) is 2. The Balaban J connectivity index is 0.000000149. The zero-order chi connectivity index (χ0) is 14.0. The fourth-order valence-electron chi connectivity index (χ4n) is 2.52. The van der Waals surface area contributed by atoms with Gasteiger partial charge in [-0.1, -0.05) is 38.0 Å². The van der Waals surface area contributed by atoms with E-state index in [2.05, 4.69) is 40.3 Å². The third kappa shape index (κ3) is 4.99. The Morgan fingerprint density at radius 2 is 1.85 bits per heavy atom. The number of fused-ring (bicyclic) bond motifs is 1. The van der Waals surface area contributed by atoms with Crippen LogP contribution in [0.1, 0.15) is 26.2 Å². The van der Waals surface area contributed by atoms with Crippen LogP contribution in [0, 0.1) is 0 Å². The molecule has 1 aliphatic heterocycles. The van der Waals surface area contributed by atoms with Gasteiger partial charge in [0.05, 0.1) is 0 Å². The third-order valence-corrected chi connectivity index (χ3v) is 3.75. The van der Waals surface area contributed by atoms with E-state index in [0.717, 1.165) is 0 Å². The Kier molecular flexibility index (Phi) is 6.61. The van der Waals surface area contributed by atoms with Crippen LogP contribution in [0.4, 0.5) is 0 Å². The molecule has 1 aliphatic rings. The molecule has 0 amide bonds. The second kappa shape index (κ2) is 8.77. The summed E-state index contributed by atoms with van der Waals surface area (Å²) in [7, 11) is 0. The first-order valence-electron chi connectivity index (χ1n) is 7.85. The molecule has 20 heavy (non-hydrogen) atoms. The summed E-state index contributed by atoms with van der Waals surface area (Å²) in [5.74, 6) is 0. The first-order valence-corrected chi connectivity index (χ1v) is 7.85. The molecule has 0 saturated carbocycles. The van der Waals surface area contributed by atoms with Crippen molar-refractivity contribution in [2.75, 3.05) is 32.7 Å². The van der Waals surface area contributed by atoms with Gasteiger partial charge in [0.15, 0.2) is 0 Å². The van der Waals surface area contributed by atoms with Crippen molar-refractivity contribution in [2.45, 2.75) is 26.2 Å². The minimum absolute atomic E-state index is 1.19. The van der Waals surface area contributed by atoms with Crippen molar-refractivity contribution in [3.8, 4) is 0 Å². The molecule has 1 aromatic carbocycles. The molecule has 0 unspecified atom stereocenters. The Bertz CT molecular complexity index is 442. The standard InChI is InChI=1S/C9H20N2.C8H7N/c1-2-3-4-7-11-8-5-10-6-9-11;1-2-4-8-7(3-1)5-6-9-8/h10H,2-9H2,1H3;1-6,9H. The highest BCUT2D eigenvalue weighted by Crippen LogP contribution is 2.09. The van der Waals surface area contributed by atoms with Gasteiger partial charge >= 0.3 is 0 Å². The summed E-state index contributed by atoms with van der Waals surface area (Å²) < 4.78 is 0. The number of para-hydroxylation sites is 1. The molecular weight excluding hydrogens is 246 g/mol. The van der Waals surface area contributed by atoms with Crippen LogP contribution in [0.15, 0.2) is 36.5 Å². The molecule has 0 spiro atoms. The lowest BCUT2D eigenvalue weighted by molar-refractivity contribution is 0.236. The van der Waals surface area contributed by atoms with Gasteiger partial charge < -0.3 is 15.2 Å². The van der Waals surface area contributed by atoms with E-state index in [-0.39, 0.29) is 0 Å². The van der Waals surface area contributed by atoms with Gasteiger partial charge in [0.1, 0.15) is 0 Å². The maximum absolute atomic E-state index is 3.36. The largest absolute Gasteiger partial charge is 0.361 e. The van der Waals surface area contributed by atoms with Gasteiger partial charge in [0, 0.05) is 37.9 Å². The quantitative estimate of drug-likeness (QED) is 0.838. The highest BCUT2D eigenvalue weighted by molar-refractivity contribution is 5.78. The molecule has 0 aliphatic carbocycles. The van der Waals surface area contributed by atoms with Crippen LogP contribution in [0.5, 0.6) is 0 Å². The van der Waals surface area contributed by atoms with Gasteiger partial charge in [0.2, 0.25) is 0 Å². The molecule has 3 nitrogen and oxygen atoms in total. The molecule has 2 heterocycles. The maximum atomic E-state index is 3.36. The van der Waals surface area contributed by atoms with Gasteiger partial charge in [0.25, 0.3) is 0 Å². The summed E-state index contributed by atoms with van der Waals surface area (Å²) >= 11 is 0. The molecule has 1 aromatic heterocycles. The van der Waals surface area contributed by atoms with E-state index in [9.17, 15) is 0 Å². The predicted molar refractivity (Wildman–Crippen MR) is 87.1 cm³/mol. The molecule has 0 radical (unpaired) electrons. The van der Waals surface area contributed by atoms with Gasteiger partial charge in [-0.3, -0.25) is 0 Å². The predicted octanol–water partition coefficient (Wildman–Crippen LogP) is 3.25. The SMILES string of the molecule is CCCCCN1CCNCC1.c1ccc2[nH]ccc2c1. The van der Waals surface area contributed by atoms with Crippen LogP contribution in [0.3, 0.4) is 0 Å².